The summed E-state index contributed by atoms with van der Waals surface area (Å²) < 4.78 is 5.28. The van der Waals surface area contributed by atoms with Crippen molar-refractivity contribution < 1.29 is 14.4 Å². The van der Waals surface area contributed by atoms with E-state index >= 15 is 0 Å². The zero-order chi connectivity index (χ0) is 14.2. The number of carboxylic acids is 1. The van der Waals surface area contributed by atoms with Crippen molar-refractivity contribution in [2.75, 3.05) is 0 Å². The highest BCUT2D eigenvalue weighted by molar-refractivity contribution is 5.82. The molecule has 0 fully saturated rings. The Balaban J connectivity index is 2.58. The van der Waals surface area contributed by atoms with Crippen LogP contribution in [-0.2, 0) is 11.2 Å². The van der Waals surface area contributed by atoms with Crippen LogP contribution < -0.4 is 0 Å². The Morgan fingerprint density at radius 1 is 1.37 bits per heavy atom. The summed E-state index contributed by atoms with van der Waals surface area (Å²) in [5, 5.41) is 13.8. The van der Waals surface area contributed by atoms with Gasteiger partial charge in [-0.1, -0.05) is 19.0 Å². The maximum Gasteiger partial charge on any atom is 0.303 e. The highest BCUT2D eigenvalue weighted by Crippen LogP contribution is 2.30. The summed E-state index contributed by atoms with van der Waals surface area (Å²) in [6.45, 7) is 7.96. The minimum Gasteiger partial charge on any atom is -0.481 e. The van der Waals surface area contributed by atoms with Crippen molar-refractivity contribution >= 4 is 17.1 Å². The van der Waals surface area contributed by atoms with Gasteiger partial charge < -0.3 is 9.63 Å². The molecule has 2 aromatic heterocycles. The molecule has 0 radical (unpaired) electrons. The fraction of sp³-hybridized carbons (Fsp3) is 0.500. The highest BCUT2D eigenvalue weighted by atomic mass is 16.5. The van der Waals surface area contributed by atoms with E-state index in [4.69, 9.17) is 9.63 Å². The zero-order valence-corrected chi connectivity index (χ0v) is 11.6. The van der Waals surface area contributed by atoms with Gasteiger partial charge in [0.2, 0.25) is 0 Å². The maximum atomic E-state index is 10.7. The number of nitrogens with zero attached hydrogens (tertiary/aromatic N) is 2. The lowest BCUT2D eigenvalue weighted by atomic mass is 9.97. The minimum absolute atomic E-state index is 0.108. The van der Waals surface area contributed by atoms with Gasteiger partial charge in [-0.15, -0.1) is 0 Å². The Kier molecular flexibility index (Phi) is 3.55. The molecule has 0 aliphatic heterocycles. The fourth-order valence-corrected chi connectivity index (χ4v) is 2.36. The van der Waals surface area contributed by atoms with Gasteiger partial charge in [-0.05, 0) is 37.3 Å². The second-order valence-corrected chi connectivity index (χ2v) is 5.10. The van der Waals surface area contributed by atoms with Crippen LogP contribution in [0.5, 0.6) is 0 Å². The lowest BCUT2D eigenvalue weighted by molar-refractivity contribution is -0.136. The quantitative estimate of drug-likeness (QED) is 0.916. The lowest BCUT2D eigenvalue weighted by Gasteiger charge is -2.09. The van der Waals surface area contributed by atoms with Crippen LogP contribution in [0, 0.1) is 13.8 Å². The molecule has 0 unspecified atom stereocenters. The molecule has 2 heterocycles. The molecule has 5 nitrogen and oxygen atoms in total. The summed E-state index contributed by atoms with van der Waals surface area (Å²) in [7, 11) is 0. The van der Waals surface area contributed by atoms with Gasteiger partial charge in [0.05, 0.1) is 11.1 Å². The maximum absolute atomic E-state index is 10.7. The Labute approximate surface area is 111 Å². The molecule has 2 aromatic rings. The van der Waals surface area contributed by atoms with Crippen LogP contribution in [0.3, 0.4) is 0 Å². The summed E-state index contributed by atoms with van der Waals surface area (Å²) in [5.41, 5.74) is 4.26. The van der Waals surface area contributed by atoms with Crippen molar-refractivity contribution in [3.05, 3.63) is 22.5 Å². The lowest BCUT2D eigenvalue weighted by Crippen LogP contribution is -2.03. The third-order valence-corrected chi connectivity index (χ3v) is 3.37. The Morgan fingerprint density at radius 3 is 2.63 bits per heavy atom. The van der Waals surface area contributed by atoms with E-state index in [2.05, 4.69) is 10.1 Å². The topological polar surface area (TPSA) is 76.2 Å². The van der Waals surface area contributed by atoms with Crippen LogP contribution in [0.4, 0.5) is 0 Å². The summed E-state index contributed by atoms with van der Waals surface area (Å²) in [6.07, 6.45) is 0.593. The molecule has 0 aliphatic rings. The fourth-order valence-electron chi connectivity index (χ4n) is 2.36. The van der Waals surface area contributed by atoms with E-state index in [1.54, 1.807) is 0 Å². The minimum atomic E-state index is -0.798. The number of carboxylic acid groups (broad SMARTS) is 1. The molecule has 0 amide bonds. The number of pyridine rings is 1. The molecular weight excluding hydrogens is 244 g/mol. The smallest absolute Gasteiger partial charge is 0.303 e. The van der Waals surface area contributed by atoms with Crippen LogP contribution in [0.25, 0.3) is 11.1 Å². The standard InChI is InChI=1S/C14H18N2O3/c1-7(2)13-12-8(3)10(5-6-11(17)18)9(4)15-14(12)19-16-13/h7H,5-6H2,1-4H3,(H,17,18). The molecular formula is C14H18N2O3. The summed E-state index contributed by atoms with van der Waals surface area (Å²) in [6, 6.07) is 0. The van der Waals surface area contributed by atoms with Gasteiger partial charge in [0, 0.05) is 12.1 Å². The zero-order valence-electron chi connectivity index (χ0n) is 11.6. The monoisotopic (exact) mass is 262 g/mol. The number of aliphatic carboxylic acids is 1. The first kappa shape index (κ1) is 13.5. The van der Waals surface area contributed by atoms with Crippen LogP contribution in [0.15, 0.2) is 4.52 Å². The van der Waals surface area contributed by atoms with Crippen LogP contribution in [0.1, 0.15) is 48.7 Å². The van der Waals surface area contributed by atoms with Gasteiger partial charge >= 0.3 is 5.97 Å². The third-order valence-electron chi connectivity index (χ3n) is 3.37. The van der Waals surface area contributed by atoms with Gasteiger partial charge in [-0.2, -0.15) is 0 Å². The molecule has 0 bridgehead atoms. The van der Waals surface area contributed by atoms with Gasteiger partial charge in [0.1, 0.15) is 0 Å². The first-order chi connectivity index (χ1) is 8.91. The average molecular weight is 262 g/mol. The number of hydrogen-bond acceptors (Lipinski definition) is 4. The van der Waals surface area contributed by atoms with Gasteiger partial charge in [0.25, 0.3) is 5.71 Å². The average Bonchev–Trinajstić information content (AvgIpc) is 2.72. The van der Waals surface area contributed by atoms with E-state index < -0.39 is 5.97 Å². The van der Waals surface area contributed by atoms with E-state index in [9.17, 15) is 4.79 Å². The summed E-state index contributed by atoms with van der Waals surface area (Å²) >= 11 is 0. The molecule has 102 valence electrons. The van der Waals surface area contributed by atoms with Crippen molar-refractivity contribution in [2.24, 2.45) is 0 Å². The van der Waals surface area contributed by atoms with Crippen LogP contribution >= 0.6 is 0 Å². The van der Waals surface area contributed by atoms with E-state index in [0.717, 1.165) is 27.9 Å². The van der Waals surface area contributed by atoms with Crippen LogP contribution in [-0.4, -0.2) is 21.2 Å². The first-order valence-electron chi connectivity index (χ1n) is 6.39. The van der Waals surface area contributed by atoms with Crippen molar-refractivity contribution in [3.8, 4) is 0 Å². The molecule has 0 saturated carbocycles. The van der Waals surface area contributed by atoms with E-state index in [1.165, 1.54) is 0 Å². The molecule has 0 spiro atoms. The number of aromatic nitrogens is 2. The van der Waals surface area contributed by atoms with Gasteiger partial charge in [-0.25, -0.2) is 4.98 Å². The van der Waals surface area contributed by atoms with Crippen LogP contribution in [0.2, 0.25) is 0 Å². The molecule has 19 heavy (non-hydrogen) atoms. The molecule has 1 N–H and O–H groups in total. The number of carbonyl (C=O) groups is 1. The molecule has 5 heteroatoms. The van der Waals surface area contributed by atoms with E-state index in [0.29, 0.717) is 12.1 Å². The molecule has 0 saturated heterocycles. The largest absolute Gasteiger partial charge is 0.481 e. The molecule has 0 aliphatic carbocycles. The highest BCUT2D eigenvalue weighted by Gasteiger charge is 2.19. The molecule has 0 aromatic carbocycles. The first-order valence-corrected chi connectivity index (χ1v) is 6.39. The third kappa shape index (κ3) is 2.45. The van der Waals surface area contributed by atoms with Gasteiger partial charge in [-0.3, -0.25) is 4.79 Å². The van der Waals surface area contributed by atoms with E-state index in [1.807, 2.05) is 27.7 Å². The molecule has 2 rings (SSSR count). The second kappa shape index (κ2) is 4.99. The summed E-state index contributed by atoms with van der Waals surface area (Å²) in [4.78, 5) is 15.1. The van der Waals surface area contributed by atoms with Crippen molar-refractivity contribution in [1.29, 1.82) is 0 Å². The summed E-state index contributed by atoms with van der Waals surface area (Å²) in [5.74, 6) is -0.551. The van der Waals surface area contributed by atoms with E-state index in [-0.39, 0.29) is 12.3 Å². The Hall–Kier alpha value is -1.91. The second-order valence-electron chi connectivity index (χ2n) is 5.10. The van der Waals surface area contributed by atoms with Gasteiger partial charge in [0.15, 0.2) is 0 Å². The Bertz CT molecular complexity index is 629. The SMILES string of the molecule is Cc1nc2onc(C(C)C)c2c(C)c1CCC(=O)O. The number of aryl methyl sites for hydroxylation is 2. The van der Waals surface area contributed by atoms with Crippen molar-refractivity contribution in [3.63, 3.8) is 0 Å². The van der Waals surface area contributed by atoms with Crippen molar-refractivity contribution in [2.45, 2.75) is 46.5 Å². The number of fused-ring (bicyclic) bond motifs is 1. The Morgan fingerprint density at radius 2 is 2.05 bits per heavy atom. The predicted octanol–water partition coefficient (Wildman–Crippen LogP) is 2.98. The number of rotatable bonds is 4. The molecule has 0 atom stereocenters. The predicted molar refractivity (Wildman–Crippen MR) is 71.3 cm³/mol. The normalized spacial score (nSPS) is 11.4. The number of hydrogen-bond donors (Lipinski definition) is 1. The van der Waals surface area contributed by atoms with Crippen molar-refractivity contribution in [1.82, 2.24) is 10.1 Å².